The molecule has 1 unspecified atom stereocenters. The van der Waals surface area contributed by atoms with E-state index in [9.17, 15) is 14.3 Å². The number of piperidine rings is 1. The van der Waals surface area contributed by atoms with Gasteiger partial charge in [-0.2, -0.15) is 0 Å². The SMILES string of the molecule is COc1cc([C@@H](C)CC2CC[C@H](c3ccc(C(=O)N4CCC(O)CC4)cc3)C2)ccc1F.Cl. The minimum absolute atomic E-state index is 0. The Balaban J connectivity index is 0.00000306. The maximum atomic E-state index is 13.7. The maximum Gasteiger partial charge on any atom is 0.253 e. The largest absolute Gasteiger partial charge is 0.494 e. The number of benzene rings is 2. The van der Waals surface area contributed by atoms with Crippen LogP contribution in [-0.2, 0) is 0 Å². The van der Waals surface area contributed by atoms with E-state index in [-0.39, 0.29) is 30.2 Å². The molecule has 0 bridgehead atoms. The molecule has 2 aromatic carbocycles. The van der Waals surface area contributed by atoms with Gasteiger partial charge in [0, 0.05) is 18.7 Å². The zero-order valence-corrected chi connectivity index (χ0v) is 20.3. The quantitative estimate of drug-likeness (QED) is 0.563. The zero-order chi connectivity index (χ0) is 22.7. The monoisotopic (exact) mass is 475 g/mol. The van der Waals surface area contributed by atoms with Crippen molar-refractivity contribution < 1.29 is 19.0 Å². The van der Waals surface area contributed by atoms with E-state index in [1.807, 2.05) is 29.2 Å². The van der Waals surface area contributed by atoms with Crippen molar-refractivity contribution in [1.82, 2.24) is 4.90 Å². The zero-order valence-electron chi connectivity index (χ0n) is 19.5. The second kappa shape index (κ2) is 11.3. The van der Waals surface area contributed by atoms with Gasteiger partial charge >= 0.3 is 0 Å². The number of amides is 1. The normalized spacial score (nSPS) is 22.0. The van der Waals surface area contributed by atoms with Gasteiger partial charge in [0.05, 0.1) is 13.2 Å². The fraction of sp³-hybridized carbons (Fsp3) is 0.519. The lowest BCUT2D eigenvalue weighted by Crippen LogP contribution is -2.40. The van der Waals surface area contributed by atoms with Gasteiger partial charge in [-0.25, -0.2) is 4.39 Å². The maximum absolute atomic E-state index is 13.7. The first kappa shape index (κ1) is 25.5. The molecule has 180 valence electrons. The molecule has 2 aliphatic rings. The standard InChI is InChI=1S/C27H34FNO3.ClH/c1-18(22-9-10-25(28)26(17-22)32-2)15-19-3-4-23(16-19)20-5-7-21(8-6-20)27(31)29-13-11-24(30)12-14-29;/h5-10,17-19,23-24,30H,3-4,11-16H2,1-2H3;1H/t18-,19?,23-;/m0./s1. The molecule has 1 saturated heterocycles. The number of likely N-dealkylation sites (tertiary alicyclic amines) is 1. The van der Waals surface area contributed by atoms with Gasteiger partial charge in [0.25, 0.3) is 5.91 Å². The van der Waals surface area contributed by atoms with Gasteiger partial charge in [0.15, 0.2) is 11.6 Å². The van der Waals surface area contributed by atoms with Crippen molar-refractivity contribution in [3.05, 3.63) is 65.0 Å². The molecule has 33 heavy (non-hydrogen) atoms. The average molecular weight is 476 g/mol. The topological polar surface area (TPSA) is 49.8 Å². The summed E-state index contributed by atoms with van der Waals surface area (Å²) in [5.41, 5.74) is 3.17. The van der Waals surface area contributed by atoms with E-state index >= 15 is 0 Å². The Morgan fingerprint density at radius 2 is 1.82 bits per heavy atom. The Kier molecular flexibility index (Phi) is 8.77. The van der Waals surface area contributed by atoms with E-state index in [0.29, 0.717) is 49.4 Å². The van der Waals surface area contributed by atoms with Gasteiger partial charge in [-0.15, -0.1) is 12.4 Å². The molecule has 0 radical (unpaired) electrons. The molecular formula is C27H35ClFNO3. The van der Waals surface area contributed by atoms with Crippen molar-refractivity contribution in [2.75, 3.05) is 20.2 Å². The fourth-order valence-corrected chi connectivity index (χ4v) is 5.36. The third kappa shape index (κ3) is 6.07. The lowest BCUT2D eigenvalue weighted by molar-refractivity contribution is 0.0546. The summed E-state index contributed by atoms with van der Waals surface area (Å²) in [5, 5.41) is 9.65. The molecule has 3 atom stereocenters. The summed E-state index contributed by atoms with van der Waals surface area (Å²) >= 11 is 0. The van der Waals surface area contributed by atoms with Crippen LogP contribution in [-0.4, -0.2) is 42.2 Å². The predicted octanol–water partition coefficient (Wildman–Crippen LogP) is 5.93. The van der Waals surface area contributed by atoms with Crippen LogP contribution >= 0.6 is 12.4 Å². The van der Waals surface area contributed by atoms with Crippen LogP contribution in [0, 0.1) is 11.7 Å². The van der Waals surface area contributed by atoms with E-state index in [1.165, 1.54) is 31.6 Å². The number of carbonyl (C=O) groups is 1. The summed E-state index contributed by atoms with van der Waals surface area (Å²) in [6.45, 7) is 3.47. The van der Waals surface area contributed by atoms with E-state index in [0.717, 1.165) is 24.0 Å². The van der Waals surface area contributed by atoms with Gasteiger partial charge in [0.1, 0.15) is 0 Å². The number of methoxy groups -OCH3 is 1. The van der Waals surface area contributed by atoms with Crippen LogP contribution in [0.15, 0.2) is 42.5 Å². The molecule has 2 fully saturated rings. The van der Waals surface area contributed by atoms with Crippen LogP contribution < -0.4 is 4.74 Å². The molecule has 1 aliphatic heterocycles. The highest BCUT2D eigenvalue weighted by atomic mass is 35.5. The van der Waals surface area contributed by atoms with Crippen LogP contribution in [0.2, 0.25) is 0 Å². The Hall–Kier alpha value is -2.11. The van der Waals surface area contributed by atoms with Gasteiger partial charge in [-0.1, -0.05) is 25.1 Å². The first-order valence-electron chi connectivity index (χ1n) is 11.8. The number of nitrogens with zero attached hydrogens (tertiary/aromatic N) is 1. The first-order valence-corrected chi connectivity index (χ1v) is 11.8. The average Bonchev–Trinajstić information content (AvgIpc) is 3.28. The van der Waals surface area contributed by atoms with Crippen molar-refractivity contribution >= 4 is 18.3 Å². The predicted molar refractivity (Wildman–Crippen MR) is 131 cm³/mol. The first-order chi connectivity index (χ1) is 15.4. The van der Waals surface area contributed by atoms with E-state index < -0.39 is 0 Å². The summed E-state index contributed by atoms with van der Waals surface area (Å²) in [6, 6.07) is 13.4. The van der Waals surface area contributed by atoms with Crippen LogP contribution in [0.1, 0.15) is 78.8 Å². The van der Waals surface area contributed by atoms with Crippen molar-refractivity contribution in [1.29, 1.82) is 0 Å². The van der Waals surface area contributed by atoms with E-state index in [4.69, 9.17) is 4.74 Å². The lowest BCUT2D eigenvalue weighted by atomic mass is 9.88. The number of halogens is 2. The number of carbonyl (C=O) groups excluding carboxylic acids is 1. The van der Waals surface area contributed by atoms with E-state index in [2.05, 4.69) is 19.1 Å². The molecule has 1 amide bonds. The Morgan fingerprint density at radius 1 is 1.12 bits per heavy atom. The van der Waals surface area contributed by atoms with Crippen molar-refractivity contribution in [3.8, 4) is 5.75 Å². The van der Waals surface area contributed by atoms with Gasteiger partial charge < -0.3 is 14.7 Å². The summed E-state index contributed by atoms with van der Waals surface area (Å²) in [4.78, 5) is 14.6. The molecule has 4 nitrogen and oxygen atoms in total. The number of aliphatic hydroxyl groups excluding tert-OH is 1. The number of aliphatic hydroxyl groups is 1. The molecule has 1 aliphatic carbocycles. The minimum atomic E-state index is -0.316. The number of rotatable bonds is 6. The van der Waals surface area contributed by atoms with Crippen LogP contribution in [0.3, 0.4) is 0 Å². The highest BCUT2D eigenvalue weighted by molar-refractivity contribution is 5.94. The number of hydrogen-bond donors (Lipinski definition) is 1. The smallest absolute Gasteiger partial charge is 0.253 e. The van der Waals surface area contributed by atoms with Crippen LogP contribution in [0.4, 0.5) is 4.39 Å². The molecule has 0 spiro atoms. The highest BCUT2D eigenvalue weighted by Gasteiger charge is 2.28. The molecule has 6 heteroatoms. The van der Waals surface area contributed by atoms with E-state index in [1.54, 1.807) is 0 Å². The van der Waals surface area contributed by atoms with Crippen LogP contribution in [0.25, 0.3) is 0 Å². The number of hydrogen-bond acceptors (Lipinski definition) is 3. The minimum Gasteiger partial charge on any atom is -0.494 e. The van der Waals surface area contributed by atoms with Crippen molar-refractivity contribution in [2.45, 2.75) is 63.4 Å². The second-order valence-electron chi connectivity index (χ2n) is 9.55. The number of ether oxygens (including phenoxy) is 1. The molecule has 0 aromatic heterocycles. The third-order valence-electron chi connectivity index (χ3n) is 7.35. The van der Waals surface area contributed by atoms with Gasteiger partial charge in [-0.05, 0) is 91.7 Å². The molecular weight excluding hydrogens is 441 g/mol. The molecule has 2 aromatic rings. The third-order valence-corrected chi connectivity index (χ3v) is 7.35. The van der Waals surface area contributed by atoms with Crippen molar-refractivity contribution in [2.24, 2.45) is 5.92 Å². The molecule has 1 saturated carbocycles. The summed E-state index contributed by atoms with van der Waals surface area (Å²) < 4.78 is 18.9. The summed E-state index contributed by atoms with van der Waals surface area (Å²) in [6.07, 6.45) is 5.66. The fourth-order valence-electron chi connectivity index (χ4n) is 5.36. The Morgan fingerprint density at radius 3 is 2.48 bits per heavy atom. The van der Waals surface area contributed by atoms with Crippen LogP contribution in [0.5, 0.6) is 5.75 Å². The summed E-state index contributed by atoms with van der Waals surface area (Å²) in [5.74, 6) is 1.60. The molecule has 4 rings (SSSR count). The van der Waals surface area contributed by atoms with Gasteiger partial charge in [0.2, 0.25) is 0 Å². The summed E-state index contributed by atoms with van der Waals surface area (Å²) in [7, 11) is 1.50. The highest BCUT2D eigenvalue weighted by Crippen LogP contribution is 2.42. The second-order valence-corrected chi connectivity index (χ2v) is 9.55. The Bertz CT molecular complexity index is 927. The van der Waals surface area contributed by atoms with Crippen molar-refractivity contribution in [3.63, 3.8) is 0 Å². The lowest BCUT2D eigenvalue weighted by Gasteiger charge is -2.29. The Labute approximate surface area is 202 Å². The van der Waals surface area contributed by atoms with Gasteiger partial charge in [-0.3, -0.25) is 4.79 Å². The molecule has 1 heterocycles. The molecule has 1 N–H and O–H groups in total.